The Kier molecular flexibility index (Phi) is 17.8. The number of esters is 2. The zero-order valence-corrected chi connectivity index (χ0v) is 43.4. The predicted octanol–water partition coefficient (Wildman–Crippen LogP) is 9.56. The third kappa shape index (κ3) is 14.3. The monoisotopic (exact) mass is 1060 g/mol. The zero-order valence-electron chi connectivity index (χ0n) is 40.8. The molecule has 2 heterocycles. The van der Waals surface area contributed by atoms with Gasteiger partial charge in [0.25, 0.3) is 5.56 Å². The molecule has 0 aliphatic heterocycles. The number of thioether (sulfide) groups is 1. The number of ether oxygens (including phenoxy) is 2. The number of fused-ring (bicyclic) bond motifs is 3. The molecule has 0 spiro atoms. The van der Waals surface area contributed by atoms with Gasteiger partial charge in [0.1, 0.15) is 36.8 Å². The van der Waals surface area contributed by atoms with E-state index in [4.69, 9.17) is 27.6 Å². The van der Waals surface area contributed by atoms with E-state index in [1.807, 2.05) is 97.1 Å². The Bertz CT molecular complexity index is 3220. The lowest BCUT2D eigenvalue weighted by molar-refractivity contribution is -0.147. The van der Waals surface area contributed by atoms with E-state index in [2.05, 4.69) is 30.1 Å². The highest BCUT2D eigenvalue weighted by Crippen LogP contribution is 2.50. The molecule has 0 amide bonds. The van der Waals surface area contributed by atoms with Gasteiger partial charge >= 0.3 is 27.4 Å². The molecule has 2 unspecified atom stereocenters. The smallest absolute Gasteiger partial charge is 0.459 e. The number of aromatic nitrogens is 4. The van der Waals surface area contributed by atoms with Gasteiger partial charge in [0, 0.05) is 24.9 Å². The zero-order chi connectivity index (χ0) is 52.1. The van der Waals surface area contributed by atoms with E-state index in [1.165, 1.54) is 38.3 Å². The summed E-state index contributed by atoms with van der Waals surface area (Å²) >= 11 is 1.17. The van der Waals surface area contributed by atoms with Gasteiger partial charge in [-0.25, -0.2) is 19.1 Å². The highest BCUT2D eigenvalue weighted by Gasteiger charge is 2.37. The average molecular weight is 1060 g/mol. The van der Waals surface area contributed by atoms with E-state index < -0.39 is 63.5 Å². The molecule has 74 heavy (non-hydrogen) atoms. The standard InChI is InChI=1S/C52H54N8O11P2S/c1-36(50(62)66-29-38-17-7-5-8-18-38)57-72(64,70-45-27-15-23-40-21-11-13-25-43(40)45)68-31-42(74-35-60-34-53-47-48(60)55-52(56-49(47)61)54-33-59(3)4)32-69-73(65,71-46-28-16-24-41-22-12-14-26-44(41)46)58-37(2)51(63)67-30-39-19-9-6-10-20-39/h5-28,33-34,36-37,42H,29-32,35H2,1-4H3,(H,57,64)(H,58,65)(H,55,56,61)/b54-33+/t36-,37-,42?,72?,73?/m0/s1. The van der Waals surface area contributed by atoms with Crippen LogP contribution in [-0.4, -0.2) is 87.3 Å². The van der Waals surface area contributed by atoms with Gasteiger partial charge in [0.05, 0.1) is 37.0 Å². The number of H-pyrrole nitrogens is 1. The molecule has 0 aliphatic rings. The molecule has 0 fully saturated rings. The van der Waals surface area contributed by atoms with E-state index >= 15 is 9.13 Å². The van der Waals surface area contributed by atoms with Crippen LogP contribution in [0.2, 0.25) is 0 Å². The number of aromatic amines is 1. The fourth-order valence-electron chi connectivity index (χ4n) is 7.24. The quantitative estimate of drug-likeness (QED) is 0.0209. The van der Waals surface area contributed by atoms with Crippen molar-refractivity contribution in [2.75, 3.05) is 27.3 Å². The number of imidazole rings is 1. The Hall–Kier alpha value is -7.15. The van der Waals surface area contributed by atoms with Crippen molar-refractivity contribution < 1.29 is 46.3 Å². The molecule has 2 aromatic heterocycles. The van der Waals surface area contributed by atoms with Gasteiger partial charge in [-0.2, -0.15) is 15.2 Å². The van der Waals surface area contributed by atoms with Crippen LogP contribution in [0, 0.1) is 0 Å². The summed E-state index contributed by atoms with van der Waals surface area (Å²) < 4.78 is 68.3. The summed E-state index contributed by atoms with van der Waals surface area (Å²) in [5.41, 5.74) is 1.23. The Morgan fingerprint density at radius 3 is 1.68 bits per heavy atom. The Labute approximate surface area is 430 Å². The highest BCUT2D eigenvalue weighted by atomic mass is 32.2. The van der Waals surface area contributed by atoms with Gasteiger partial charge < -0.3 is 28.0 Å². The van der Waals surface area contributed by atoms with Gasteiger partial charge in [-0.15, -0.1) is 11.8 Å². The van der Waals surface area contributed by atoms with Crippen LogP contribution in [0.4, 0.5) is 5.95 Å². The topological polar surface area (TPSA) is 227 Å². The maximum Gasteiger partial charge on any atom is 0.459 e. The molecular weight excluding hydrogens is 1010 g/mol. The summed E-state index contributed by atoms with van der Waals surface area (Å²) in [4.78, 5) is 57.4. The largest absolute Gasteiger partial charge is 0.460 e. The number of nitrogens with one attached hydrogen (secondary N) is 3. The third-order valence-electron chi connectivity index (χ3n) is 11.0. The summed E-state index contributed by atoms with van der Waals surface area (Å²) in [5.74, 6) is -0.992. The van der Waals surface area contributed by atoms with Crippen molar-refractivity contribution in [2.24, 2.45) is 4.99 Å². The minimum atomic E-state index is -4.57. The first-order chi connectivity index (χ1) is 35.7. The molecule has 0 saturated carbocycles. The molecule has 384 valence electrons. The lowest BCUT2D eigenvalue weighted by atomic mass is 10.1. The van der Waals surface area contributed by atoms with Crippen LogP contribution in [0.25, 0.3) is 32.7 Å². The van der Waals surface area contributed by atoms with Crippen LogP contribution < -0.4 is 24.8 Å². The van der Waals surface area contributed by atoms with Crippen molar-refractivity contribution in [3.05, 3.63) is 173 Å². The molecule has 4 atom stereocenters. The van der Waals surface area contributed by atoms with Crippen molar-refractivity contribution >= 4 is 84.2 Å². The Morgan fingerprint density at radius 2 is 1.18 bits per heavy atom. The van der Waals surface area contributed by atoms with Crippen molar-refractivity contribution in [3.8, 4) is 11.5 Å². The summed E-state index contributed by atoms with van der Waals surface area (Å²) in [5, 5.41) is 7.45. The first kappa shape index (κ1) is 53.2. The van der Waals surface area contributed by atoms with E-state index in [-0.39, 0.29) is 47.7 Å². The number of benzene rings is 6. The van der Waals surface area contributed by atoms with Gasteiger partial charge in [-0.1, -0.05) is 133 Å². The highest BCUT2D eigenvalue weighted by molar-refractivity contribution is 7.99. The SMILES string of the molecule is C[C@H](NP(=O)(OCC(COP(=O)(N[C@@H](C)C(=O)OCc1ccccc1)Oc1cccc2ccccc12)SCn1cnc2c(=O)[nH]c(/N=C/N(C)C)nc21)Oc1cccc2ccccc12)C(=O)OCc1ccccc1. The summed E-state index contributed by atoms with van der Waals surface area (Å²) in [7, 11) is -5.59. The third-order valence-corrected chi connectivity index (χ3v) is 15.4. The molecule has 0 bridgehead atoms. The second kappa shape index (κ2) is 24.7. The first-order valence-electron chi connectivity index (χ1n) is 23.3. The number of carbonyl (C=O) groups is 2. The lowest BCUT2D eigenvalue weighted by Gasteiger charge is -2.27. The van der Waals surface area contributed by atoms with E-state index in [9.17, 15) is 14.4 Å². The molecule has 22 heteroatoms. The lowest BCUT2D eigenvalue weighted by Crippen LogP contribution is -2.36. The molecular formula is C52H54N8O11P2S. The molecule has 0 aliphatic carbocycles. The molecule has 6 aromatic carbocycles. The molecule has 19 nitrogen and oxygen atoms in total. The second-order valence-electron chi connectivity index (χ2n) is 17.0. The maximum absolute atomic E-state index is 15.2. The summed E-state index contributed by atoms with van der Waals surface area (Å²) in [6, 6.07) is 40.9. The number of aliphatic imine (C=N–C) groups is 1. The Balaban J connectivity index is 1.10. The summed E-state index contributed by atoms with van der Waals surface area (Å²) in [6.07, 6.45) is 2.91. The van der Waals surface area contributed by atoms with E-state index in [1.54, 1.807) is 72.1 Å². The van der Waals surface area contributed by atoms with Gasteiger partial charge in [-0.05, 0) is 47.9 Å². The van der Waals surface area contributed by atoms with Crippen LogP contribution in [0.5, 0.6) is 11.5 Å². The number of rotatable bonds is 25. The van der Waals surface area contributed by atoms with Gasteiger partial charge in [-0.3, -0.25) is 28.4 Å². The van der Waals surface area contributed by atoms with Crippen LogP contribution in [0.15, 0.2) is 162 Å². The van der Waals surface area contributed by atoms with E-state index in [0.717, 1.165) is 21.9 Å². The number of carbonyl (C=O) groups excluding carboxylic acids is 2. The number of nitrogens with zero attached hydrogens (tertiary/aromatic N) is 5. The van der Waals surface area contributed by atoms with Crippen LogP contribution in [0.3, 0.4) is 0 Å². The normalized spacial score (nSPS) is 14.5. The molecule has 0 saturated heterocycles. The van der Waals surface area contributed by atoms with Gasteiger partial charge in [0.2, 0.25) is 5.95 Å². The van der Waals surface area contributed by atoms with Crippen LogP contribution >= 0.6 is 27.3 Å². The predicted molar refractivity (Wildman–Crippen MR) is 285 cm³/mol. The fraction of sp³-hybridized carbons (Fsp3) is 0.231. The first-order valence-corrected chi connectivity index (χ1v) is 27.4. The summed E-state index contributed by atoms with van der Waals surface area (Å²) in [6.45, 7) is 1.99. The number of hydrogen-bond acceptors (Lipinski definition) is 15. The molecule has 0 radical (unpaired) electrons. The maximum atomic E-state index is 15.2. The van der Waals surface area contributed by atoms with Crippen molar-refractivity contribution in [3.63, 3.8) is 0 Å². The average Bonchev–Trinajstić information content (AvgIpc) is 3.82. The van der Waals surface area contributed by atoms with E-state index in [0.29, 0.717) is 10.8 Å². The van der Waals surface area contributed by atoms with Crippen molar-refractivity contribution in [1.82, 2.24) is 34.6 Å². The fourth-order valence-corrected chi connectivity index (χ4v) is 11.4. The van der Waals surface area contributed by atoms with Crippen molar-refractivity contribution in [2.45, 2.75) is 50.3 Å². The Morgan fingerprint density at radius 1 is 0.703 bits per heavy atom. The van der Waals surface area contributed by atoms with Gasteiger partial charge in [0.15, 0.2) is 11.2 Å². The van der Waals surface area contributed by atoms with Crippen LogP contribution in [-0.2, 0) is 56.3 Å². The molecule has 8 aromatic rings. The minimum absolute atomic E-state index is 0.0363. The second-order valence-corrected chi connectivity index (χ2v) is 21.7. The molecule has 8 rings (SSSR count). The van der Waals surface area contributed by atoms with Crippen LogP contribution in [0.1, 0.15) is 25.0 Å². The minimum Gasteiger partial charge on any atom is -0.460 e. The number of hydrogen-bond donors (Lipinski definition) is 3. The van der Waals surface area contributed by atoms with Crippen molar-refractivity contribution in [1.29, 1.82) is 0 Å². The molecule has 3 N–H and O–H groups in total.